The zero-order valence-electron chi connectivity index (χ0n) is 43.3. The van der Waals surface area contributed by atoms with Gasteiger partial charge in [0.25, 0.3) is 5.91 Å². The Kier molecular flexibility index (Phi) is 15.5. The Morgan fingerprint density at radius 3 is 2.26 bits per heavy atom. The second kappa shape index (κ2) is 22.4. The molecule has 0 radical (unpaired) electrons. The molecule has 4 aliphatic rings. The lowest BCUT2D eigenvalue weighted by atomic mass is 9.91. The van der Waals surface area contributed by atoms with Crippen LogP contribution in [0.2, 0.25) is 0 Å². The van der Waals surface area contributed by atoms with Gasteiger partial charge < -0.3 is 50.5 Å². The van der Waals surface area contributed by atoms with Gasteiger partial charge in [0.05, 0.1) is 41.0 Å². The van der Waals surface area contributed by atoms with Crippen molar-refractivity contribution < 1.29 is 29.3 Å². The molecule has 0 saturated carbocycles. The van der Waals surface area contributed by atoms with Crippen molar-refractivity contribution in [3.8, 4) is 17.2 Å². The van der Waals surface area contributed by atoms with Crippen molar-refractivity contribution in [1.82, 2.24) is 24.7 Å². The van der Waals surface area contributed by atoms with Gasteiger partial charge in [0.1, 0.15) is 28.8 Å². The van der Waals surface area contributed by atoms with E-state index in [1.807, 2.05) is 62.9 Å². The van der Waals surface area contributed by atoms with Crippen molar-refractivity contribution in [3.63, 3.8) is 0 Å². The Morgan fingerprint density at radius 1 is 0.878 bits per heavy atom. The minimum Gasteiger partial charge on any atom is -0.508 e. The number of hydrogen-bond acceptors (Lipinski definition) is 14. The van der Waals surface area contributed by atoms with E-state index < -0.39 is 6.03 Å². The number of nitrogens with one attached hydrogen (secondary N) is 2. The molecular formula is C56H70N12O6. The molecule has 0 atom stereocenters. The summed E-state index contributed by atoms with van der Waals surface area (Å²) in [4.78, 5) is 63.5. The van der Waals surface area contributed by atoms with E-state index in [4.69, 9.17) is 25.8 Å². The van der Waals surface area contributed by atoms with Crippen LogP contribution in [0.15, 0.2) is 85.1 Å². The van der Waals surface area contributed by atoms with Gasteiger partial charge in [-0.05, 0) is 105 Å². The highest BCUT2D eigenvalue weighted by atomic mass is 16.5. The molecule has 0 unspecified atom stereocenters. The predicted molar refractivity (Wildman–Crippen MR) is 290 cm³/mol. The number of phenolic OH excluding ortho intramolecular Hbond substituents is 2. The van der Waals surface area contributed by atoms with E-state index in [-0.39, 0.29) is 40.6 Å². The monoisotopic (exact) mass is 1010 g/mol. The number of nitrogens with two attached hydrogens (primary N) is 1. The summed E-state index contributed by atoms with van der Waals surface area (Å²) < 4.78 is 6.26. The quantitative estimate of drug-likeness (QED) is 0.0527. The number of aromatic nitrogens is 2. The average Bonchev–Trinajstić information content (AvgIpc) is 3.50. The van der Waals surface area contributed by atoms with Gasteiger partial charge in [-0.15, -0.1) is 0 Å². The number of ether oxygens (including phenoxy) is 1. The van der Waals surface area contributed by atoms with Crippen LogP contribution in [0.25, 0.3) is 0 Å². The molecule has 0 aliphatic carbocycles. The lowest BCUT2D eigenvalue weighted by Crippen LogP contribution is -2.49. The van der Waals surface area contributed by atoms with Gasteiger partial charge in [0.15, 0.2) is 5.82 Å². The third kappa shape index (κ3) is 10.9. The number of hydrogen-bond donors (Lipinski definition) is 5. The van der Waals surface area contributed by atoms with Gasteiger partial charge in [-0.3, -0.25) is 19.9 Å². The number of amides is 4. The second-order valence-corrected chi connectivity index (χ2v) is 20.1. The molecule has 18 heteroatoms. The Balaban J connectivity index is 0.727. The fourth-order valence-corrected chi connectivity index (χ4v) is 10.9. The zero-order chi connectivity index (χ0) is 52.2. The summed E-state index contributed by atoms with van der Waals surface area (Å²) in [5.41, 5.74) is 11.7. The maximum atomic E-state index is 13.9. The van der Waals surface area contributed by atoms with Crippen LogP contribution in [0.5, 0.6) is 17.2 Å². The molecule has 9 rings (SSSR count). The predicted octanol–water partition coefficient (Wildman–Crippen LogP) is 8.08. The number of urea groups is 1. The molecule has 4 aliphatic heterocycles. The molecular weight excluding hydrogens is 937 g/mol. The molecule has 0 bridgehead atoms. The summed E-state index contributed by atoms with van der Waals surface area (Å²) in [6, 6.07) is 23.0. The van der Waals surface area contributed by atoms with Crippen LogP contribution in [-0.4, -0.2) is 138 Å². The van der Waals surface area contributed by atoms with Crippen LogP contribution in [0.3, 0.4) is 0 Å². The first kappa shape index (κ1) is 51.5. The topological polar surface area (TPSA) is 211 Å². The molecule has 3 fully saturated rings. The molecule has 390 valence electrons. The van der Waals surface area contributed by atoms with Crippen molar-refractivity contribution in [2.24, 2.45) is 17.6 Å². The van der Waals surface area contributed by atoms with Crippen LogP contribution in [0, 0.1) is 17.2 Å². The number of carbonyl (C=O) groups excluding carboxylic acids is 3. The maximum Gasteiger partial charge on any atom is 0.325 e. The molecule has 5 aromatic rings. The summed E-state index contributed by atoms with van der Waals surface area (Å²) in [6.07, 6.45) is 5.33. The number of piperidine rings is 2. The van der Waals surface area contributed by atoms with E-state index in [0.717, 1.165) is 119 Å². The first-order chi connectivity index (χ1) is 35.7. The Morgan fingerprint density at radius 2 is 1.58 bits per heavy atom. The zero-order valence-corrected chi connectivity index (χ0v) is 43.3. The van der Waals surface area contributed by atoms with Crippen LogP contribution in [0.1, 0.15) is 86.3 Å². The fraction of sp³-hybridized carbons (Fsp3) is 0.429. The Labute approximate surface area is 433 Å². The van der Waals surface area contributed by atoms with Crippen molar-refractivity contribution in [3.05, 3.63) is 107 Å². The molecule has 4 amide bonds. The SMILES string of the molecule is CCOc1cc(N2CCC(C(=O)N3CCC(CN4CCN(Cc5ccc(N(C(=N)c6cc(C(C)C)c(O)cc6O)C(N)=O)cc5)CC4)CC3)CC2)ccc1N(CC)c1ncc2c(n1)Nc1ccccc1C(=O)N2C. The van der Waals surface area contributed by atoms with Crippen LogP contribution in [0.4, 0.5) is 45.0 Å². The van der Waals surface area contributed by atoms with Crippen LogP contribution >= 0.6 is 0 Å². The van der Waals surface area contributed by atoms with Crippen molar-refractivity contribution in [1.29, 1.82) is 5.41 Å². The second-order valence-electron chi connectivity index (χ2n) is 20.1. The summed E-state index contributed by atoms with van der Waals surface area (Å²) in [7, 11) is 1.73. The number of fused-ring (bicyclic) bond motifs is 2. The van der Waals surface area contributed by atoms with E-state index in [1.165, 1.54) is 12.1 Å². The van der Waals surface area contributed by atoms with E-state index >= 15 is 0 Å². The number of amidine groups is 1. The number of nitrogens with zero attached hydrogens (tertiary/aromatic N) is 9. The summed E-state index contributed by atoms with van der Waals surface area (Å²) in [5.74, 6) is 1.78. The lowest BCUT2D eigenvalue weighted by molar-refractivity contribution is -0.137. The highest BCUT2D eigenvalue weighted by molar-refractivity contribution is 6.22. The van der Waals surface area contributed by atoms with Gasteiger partial charge in [0, 0.05) is 103 Å². The number of anilines is 7. The van der Waals surface area contributed by atoms with E-state index in [2.05, 4.69) is 43.1 Å². The number of benzene rings is 4. The minimum absolute atomic E-state index is 0.0159. The number of likely N-dealkylation sites (tertiary alicyclic amines) is 1. The van der Waals surface area contributed by atoms with Gasteiger partial charge in [-0.1, -0.05) is 38.1 Å². The largest absolute Gasteiger partial charge is 0.508 e. The summed E-state index contributed by atoms with van der Waals surface area (Å²) >= 11 is 0. The van der Waals surface area contributed by atoms with Gasteiger partial charge in [-0.2, -0.15) is 4.98 Å². The van der Waals surface area contributed by atoms with Crippen molar-refractivity contribution in [2.75, 3.05) is 104 Å². The average molecular weight is 1010 g/mol. The number of phenols is 2. The first-order valence-electron chi connectivity index (χ1n) is 26.1. The number of primary amides is 1. The van der Waals surface area contributed by atoms with E-state index in [9.17, 15) is 24.6 Å². The molecule has 5 heterocycles. The summed E-state index contributed by atoms with van der Waals surface area (Å²) in [5, 5.41) is 33.0. The van der Waals surface area contributed by atoms with E-state index in [0.29, 0.717) is 64.9 Å². The lowest BCUT2D eigenvalue weighted by Gasteiger charge is -2.40. The van der Waals surface area contributed by atoms with Gasteiger partial charge in [-0.25, -0.2) is 14.7 Å². The molecule has 6 N–H and O–H groups in total. The Hall–Kier alpha value is -7.44. The Bertz CT molecular complexity index is 2860. The van der Waals surface area contributed by atoms with E-state index in [1.54, 1.807) is 36.3 Å². The number of rotatable bonds is 14. The van der Waals surface area contributed by atoms with Gasteiger partial charge >= 0.3 is 6.03 Å². The van der Waals surface area contributed by atoms with Crippen LogP contribution < -0.4 is 35.4 Å². The smallest absolute Gasteiger partial charge is 0.325 e. The highest BCUT2D eigenvalue weighted by Gasteiger charge is 2.33. The number of para-hydroxylation sites is 1. The van der Waals surface area contributed by atoms with Crippen LogP contribution in [-0.2, 0) is 11.3 Å². The fourth-order valence-electron chi connectivity index (χ4n) is 10.9. The summed E-state index contributed by atoms with van der Waals surface area (Å²) in [6.45, 7) is 17.7. The standard InChI is InChI=1S/C56H70N12O6/c1-6-67(56-59-33-47-52(61-56)60-45-11-9-8-10-42(45)54(72)62(47)5)46-17-16-41(30-50(46)74-7-2)65-24-20-39(21-25-65)53(71)66-22-18-38(19-23-66)35-64-28-26-63(27-29-64)34-37-12-14-40(15-13-37)68(55(58)73)51(57)44-31-43(36(3)4)48(69)32-49(44)70/h8-17,30-33,36,38-39,57,69-70H,6-7,18-29,34-35H2,1-5H3,(H2,58,73)(H,59,60,61). The van der Waals surface area contributed by atoms with Crippen molar-refractivity contribution >= 4 is 63.9 Å². The molecule has 1 aromatic heterocycles. The molecule has 74 heavy (non-hydrogen) atoms. The van der Waals surface area contributed by atoms with Gasteiger partial charge in [0.2, 0.25) is 11.9 Å². The molecule has 3 saturated heterocycles. The molecule has 18 nitrogen and oxygen atoms in total. The molecule has 0 spiro atoms. The highest BCUT2D eigenvalue weighted by Crippen LogP contribution is 2.40. The number of carbonyl (C=O) groups is 3. The normalized spacial score (nSPS) is 16.8. The third-order valence-corrected chi connectivity index (χ3v) is 15.1. The number of aromatic hydroxyl groups is 2. The number of piperazine rings is 1. The third-order valence-electron chi connectivity index (χ3n) is 15.1. The maximum absolute atomic E-state index is 13.9. The minimum atomic E-state index is -0.848. The van der Waals surface area contributed by atoms with Crippen molar-refractivity contribution in [2.45, 2.75) is 65.8 Å². The first-order valence-corrected chi connectivity index (χ1v) is 26.1. The molecule has 4 aromatic carbocycles.